The van der Waals surface area contributed by atoms with E-state index in [0.717, 1.165) is 4.88 Å². The zero-order valence-corrected chi connectivity index (χ0v) is 12.6. The highest BCUT2D eigenvalue weighted by atomic mass is 35.5. The van der Waals surface area contributed by atoms with E-state index in [-0.39, 0.29) is 18.4 Å². The second kappa shape index (κ2) is 7.21. The van der Waals surface area contributed by atoms with Crippen molar-refractivity contribution in [2.24, 2.45) is 5.73 Å². The summed E-state index contributed by atoms with van der Waals surface area (Å²) in [4.78, 5) is 24.1. The Bertz CT molecular complexity index is 644. The minimum Gasteiger partial charge on any atom is -0.325 e. The molecule has 2 amide bonds. The van der Waals surface area contributed by atoms with Gasteiger partial charge in [0.2, 0.25) is 11.8 Å². The first-order valence-electron chi connectivity index (χ1n) is 6.20. The molecule has 0 aliphatic rings. The molecule has 1 heterocycles. The second-order valence-corrected chi connectivity index (χ2v) is 5.69. The summed E-state index contributed by atoms with van der Waals surface area (Å²) in [6.45, 7) is -0.100. The third-order valence-electron chi connectivity index (χ3n) is 2.63. The van der Waals surface area contributed by atoms with Crippen LogP contribution in [0.15, 0.2) is 35.7 Å². The van der Waals surface area contributed by atoms with E-state index in [4.69, 9.17) is 17.3 Å². The minimum absolute atomic E-state index is 0.100. The van der Waals surface area contributed by atoms with Gasteiger partial charge >= 0.3 is 0 Å². The standard InChI is InChI=1S/C14H14ClN3O2S/c15-11-6-9(17-14(20)8-16)3-4-12(11)18-13(19)7-10-2-1-5-21-10/h1-6H,7-8,16H2,(H,17,20)(H,18,19). The number of halogens is 1. The largest absolute Gasteiger partial charge is 0.325 e. The normalized spacial score (nSPS) is 10.2. The van der Waals surface area contributed by atoms with E-state index in [1.54, 1.807) is 18.2 Å². The molecular formula is C14H14ClN3O2S. The Morgan fingerprint density at radius 1 is 1.19 bits per heavy atom. The topological polar surface area (TPSA) is 84.2 Å². The molecule has 0 fully saturated rings. The molecule has 2 aromatic rings. The van der Waals surface area contributed by atoms with Gasteiger partial charge in [0.15, 0.2) is 0 Å². The number of hydrogen-bond acceptors (Lipinski definition) is 4. The van der Waals surface area contributed by atoms with Crippen LogP contribution in [0.5, 0.6) is 0 Å². The molecule has 0 aliphatic carbocycles. The number of nitrogens with two attached hydrogens (primary N) is 1. The van der Waals surface area contributed by atoms with E-state index in [1.807, 2.05) is 17.5 Å². The number of nitrogens with one attached hydrogen (secondary N) is 2. The Labute approximate surface area is 131 Å². The van der Waals surface area contributed by atoms with Gasteiger partial charge in [0, 0.05) is 10.6 Å². The van der Waals surface area contributed by atoms with Crippen LogP contribution in [0.1, 0.15) is 4.88 Å². The summed E-state index contributed by atoms with van der Waals surface area (Å²) >= 11 is 7.61. The van der Waals surface area contributed by atoms with Gasteiger partial charge in [-0.05, 0) is 29.6 Å². The molecule has 7 heteroatoms. The molecule has 110 valence electrons. The Morgan fingerprint density at radius 3 is 2.62 bits per heavy atom. The summed E-state index contributed by atoms with van der Waals surface area (Å²) < 4.78 is 0. The lowest BCUT2D eigenvalue weighted by molar-refractivity contribution is -0.116. The van der Waals surface area contributed by atoms with Gasteiger partial charge in [0.1, 0.15) is 0 Å². The summed E-state index contributed by atoms with van der Waals surface area (Å²) in [6.07, 6.45) is 0.305. The zero-order valence-electron chi connectivity index (χ0n) is 11.1. The highest BCUT2D eigenvalue weighted by Crippen LogP contribution is 2.25. The van der Waals surface area contributed by atoms with Crippen molar-refractivity contribution in [2.45, 2.75) is 6.42 Å². The van der Waals surface area contributed by atoms with Crippen LogP contribution in [-0.4, -0.2) is 18.4 Å². The molecule has 0 radical (unpaired) electrons. The first-order valence-corrected chi connectivity index (χ1v) is 7.46. The lowest BCUT2D eigenvalue weighted by atomic mass is 10.2. The lowest BCUT2D eigenvalue weighted by Gasteiger charge is -2.09. The Hall–Kier alpha value is -1.89. The van der Waals surface area contributed by atoms with Crippen molar-refractivity contribution in [1.82, 2.24) is 0 Å². The number of hydrogen-bond donors (Lipinski definition) is 3. The summed E-state index contributed by atoms with van der Waals surface area (Å²) in [5.41, 5.74) is 6.25. The van der Waals surface area contributed by atoms with Crippen molar-refractivity contribution in [3.05, 3.63) is 45.6 Å². The molecule has 4 N–H and O–H groups in total. The minimum atomic E-state index is -0.305. The number of anilines is 2. The molecular weight excluding hydrogens is 310 g/mol. The van der Waals surface area contributed by atoms with Crippen molar-refractivity contribution in [3.63, 3.8) is 0 Å². The number of carbonyl (C=O) groups excluding carboxylic acids is 2. The van der Waals surface area contributed by atoms with Gasteiger partial charge in [-0.3, -0.25) is 9.59 Å². The molecule has 0 spiro atoms. The molecule has 0 saturated heterocycles. The monoisotopic (exact) mass is 323 g/mol. The highest BCUT2D eigenvalue weighted by Gasteiger charge is 2.09. The molecule has 0 aliphatic heterocycles. The molecule has 21 heavy (non-hydrogen) atoms. The van der Waals surface area contributed by atoms with Crippen LogP contribution < -0.4 is 16.4 Å². The van der Waals surface area contributed by atoms with Gasteiger partial charge in [-0.25, -0.2) is 0 Å². The molecule has 1 aromatic carbocycles. The zero-order chi connectivity index (χ0) is 15.2. The van der Waals surface area contributed by atoms with Gasteiger partial charge in [-0.15, -0.1) is 11.3 Å². The van der Waals surface area contributed by atoms with Crippen LogP contribution >= 0.6 is 22.9 Å². The Morgan fingerprint density at radius 2 is 2.00 bits per heavy atom. The molecule has 0 saturated carbocycles. The van der Waals surface area contributed by atoms with E-state index in [2.05, 4.69) is 10.6 Å². The summed E-state index contributed by atoms with van der Waals surface area (Å²) in [5, 5.41) is 7.60. The van der Waals surface area contributed by atoms with Gasteiger partial charge < -0.3 is 16.4 Å². The number of amides is 2. The van der Waals surface area contributed by atoms with E-state index < -0.39 is 0 Å². The fourth-order valence-electron chi connectivity index (χ4n) is 1.67. The predicted molar refractivity (Wildman–Crippen MR) is 85.8 cm³/mol. The fraction of sp³-hybridized carbons (Fsp3) is 0.143. The van der Waals surface area contributed by atoms with Crippen LogP contribution in [0.2, 0.25) is 5.02 Å². The van der Waals surface area contributed by atoms with Gasteiger partial charge in [-0.1, -0.05) is 17.7 Å². The fourth-order valence-corrected chi connectivity index (χ4v) is 2.60. The first-order chi connectivity index (χ1) is 10.1. The van der Waals surface area contributed by atoms with Crippen LogP contribution in [-0.2, 0) is 16.0 Å². The Balaban J connectivity index is 2.00. The van der Waals surface area contributed by atoms with E-state index in [0.29, 0.717) is 22.8 Å². The van der Waals surface area contributed by atoms with E-state index in [9.17, 15) is 9.59 Å². The van der Waals surface area contributed by atoms with Crippen molar-refractivity contribution in [2.75, 3.05) is 17.2 Å². The van der Waals surface area contributed by atoms with E-state index >= 15 is 0 Å². The number of thiophene rings is 1. The first kappa shape index (κ1) is 15.5. The van der Waals surface area contributed by atoms with Crippen molar-refractivity contribution in [3.8, 4) is 0 Å². The van der Waals surface area contributed by atoms with Crippen LogP contribution in [0.4, 0.5) is 11.4 Å². The van der Waals surface area contributed by atoms with E-state index in [1.165, 1.54) is 11.3 Å². The lowest BCUT2D eigenvalue weighted by Crippen LogP contribution is -2.21. The third-order valence-corrected chi connectivity index (χ3v) is 3.82. The summed E-state index contributed by atoms with van der Waals surface area (Å²) in [5.74, 6) is -0.446. The average molecular weight is 324 g/mol. The quantitative estimate of drug-likeness (QED) is 0.790. The van der Waals surface area contributed by atoms with Crippen LogP contribution in [0.3, 0.4) is 0 Å². The van der Waals surface area contributed by atoms with Gasteiger partial charge in [-0.2, -0.15) is 0 Å². The van der Waals surface area contributed by atoms with Crippen LogP contribution in [0, 0.1) is 0 Å². The maximum absolute atomic E-state index is 11.9. The SMILES string of the molecule is NCC(=O)Nc1ccc(NC(=O)Cc2cccs2)c(Cl)c1. The molecule has 0 atom stereocenters. The predicted octanol–water partition coefficient (Wildman–Crippen LogP) is 2.48. The Kier molecular flexibility index (Phi) is 5.32. The van der Waals surface area contributed by atoms with Crippen molar-refractivity contribution >= 4 is 46.1 Å². The van der Waals surface area contributed by atoms with Gasteiger partial charge in [0.05, 0.1) is 23.7 Å². The summed E-state index contributed by atoms with van der Waals surface area (Å²) in [7, 11) is 0. The molecule has 1 aromatic heterocycles. The molecule has 0 unspecified atom stereocenters. The smallest absolute Gasteiger partial charge is 0.238 e. The number of rotatable bonds is 5. The maximum atomic E-state index is 11.9. The number of benzene rings is 1. The third kappa shape index (κ3) is 4.56. The molecule has 2 rings (SSSR count). The van der Waals surface area contributed by atoms with Gasteiger partial charge in [0.25, 0.3) is 0 Å². The molecule has 5 nitrogen and oxygen atoms in total. The average Bonchev–Trinajstić information content (AvgIpc) is 2.94. The van der Waals surface area contributed by atoms with Crippen LogP contribution in [0.25, 0.3) is 0 Å². The molecule has 0 bridgehead atoms. The number of carbonyl (C=O) groups is 2. The highest BCUT2D eigenvalue weighted by molar-refractivity contribution is 7.10. The second-order valence-electron chi connectivity index (χ2n) is 4.25. The van der Waals surface area contributed by atoms with Crippen molar-refractivity contribution < 1.29 is 9.59 Å². The van der Waals surface area contributed by atoms with Crippen molar-refractivity contribution in [1.29, 1.82) is 0 Å². The summed E-state index contributed by atoms with van der Waals surface area (Å²) in [6, 6.07) is 8.66. The maximum Gasteiger partial charge on any atom is 0.238 e.